The molecule has 5 nitrogen and oxygen atoms in total. The smallest absolute Gasteiger partial charge is 0.189 e. The Morgan fingerprint density at radius 1 is 1.19 bits per heavy atom. The van der Waals surface area contributed by atoms with Crippen molar-refractivity contribution in [2.45, 2.75) is 5.92 Å². The van der Waals surface area contributed by atoms with Gasteiger partial charge in [0.1, 0.15) is 5.92 Å². The molecule has 0 aromatic heterocycles. The van der Waals surface area contributed by atoms with Crippen LogP contribution in [0.5, 0.6) is 0 Å². The van der Waals surface area contributed by atoms with Gasteiger partial charge < -0.3 is 10.3 Å². The second kappa shape index (κ2) is 6.75. The van der Waals surface area contributed by atoms with Crippen LogP contribution in [0.2, 0.25) is 10.0 Å². The highest BCUT2D eigenvalue weighted by Crippen LogP contribution is 2.52. The molecular formula is C19H16Cl2N5+. The number of hydrogen-bond acceptors (Lipinski definition) is 4. The molecule has 1 fully saturated rings. The molecule has 3 rings (SSSR count). The van der Waals surface area contributed by atoms with Gasteiger partial charge in [0.2, 0.25) is 0 Å². The second-order valence-electron chi connectivity index (χ2n) is 6.83. The lowest BCUT2D eigenvalue weighted by Crippen LogP contribution is -3.10. The number of quaternary nitrogens is 1. The highest BCUT2D eigenvalue weighted by atomic mass is 35.5. The van der Waals surface area contributed by atoms with Gasteiger partial charge in [-0.2, -0.15) is 15.8 Å². The van der Waals surface area contributed by atoms with Gasteiger partial charge in [0.15, 0.2) is 5.41 Å². The van der Waals surface area contributed by atoms with Crippen LogP contribution in [0.1, 0.15) is 11.5 Å². The average molecular weight is 385 g/mol. The fraction of sp³-hybridized carbons (Fsp3) is 0.368. The molecule has 0 saturated heterocycles. The summed E-state index contributed by atoms with van der Waals surface area (Å²) in [5, 5.41) is 38.7. The maximum atomic E-state index is 9.93. The Morgan fingerprint density at radius 3 is 2.46 bits per heavy atom. The van der Waals surface area contributed by atoms with Crippen molar-refractivity contribution >= 4 is 28.9 Å². The first-order valence-corrected chi connectivity index (χ1v) is 8.92. The van der Waals surface area contributed by atoms with E-state index in [0.717, 1.165) is 12.1 Å². The molecule has 1 aliphatic carbocycles. The minimum absolute atomic E-state index is 0.150. The Kier molecular flexibility index (Phi) is 4.78. The topological polar surface area (TPSA) is 99.7 Å². The first-order chi connectivity index (χ1) is 12.4. The van der Waals surface area contributed by atoms with Crippen molar-refractivity contribution in [3.8, 4) is 18.2 Å². The van der Waals surface area contributed by atoms with Crippen molar-refractivity contribution in [1.29, 1.82) is 21.2 Å². The number of benzene rings is 1. The third kappa shape index (κ3) is 2.59. The molecule has 2 unspecified atom stereocenters. The standard InChI is InChI=1S/C19H15Cl2N5/c1-26-5-4-12-13(7-22)18(25)19(9-23,10-24)17(14(12)8-26)11-2-3-15(20)16(21)6-11/h2-4,6,13-14,17,25H,5,8H2,1H3/p+1/t13?,14-,17+/m0/s1. The molecule has 4 atom stereocenters. The van der Waals surface area contributed by atoms with Gasteiger partial charge in [-0.3, -0.25) is 0 Å². The summed E-state index contributed by atoms with van der Waals surface area (Å²) in [6.45, 7) is 1.42. The van der Waals surface area contributed by atoms with Gasteiger partial charge in [-0.15, -0.1) is 0 Å². The predicted octanol–water partition coefficient (Wildman–Crippen LogP) is 2.35. The highest BCUT2D eigenvalue weighted by molar-refractivity contribution is 6.42. The molecule has 0 radical (unpaired) electrons. The maximum absolute atomic E-state index is 9.93. The number of fused-ring (bicyclic) bond motifs is 1. The summed E-state index contributed by atoms with van der Waals surface area (Å²) in [5.41, 5.74) is -0.338. The summed E-state index contributed by atoms with van der Waals surface area (Å²) in [4.78, 5) is 1.22. The molecule has 1 aromatic carbocycles. The van der Waals surface area contributed by atoms with Gasteiger partial charge in [0.05, 0.1) is 54.1 Å². The molecule has 2 N–H and O–H groups in total. The minimum atomic E-state index is -1.71. The number of hydrogen-bond donors (Lipinski definition) is 2. The molecule has 2 aliphatic rings. The highest BCUT2D eigenvalue weighted by Gasteiger charge is 2.58. The number of nitrogens with one attached hydrogen (secondary N) is 2. The Balaban J connectivity index is 2.28. The zero-order valence-corrected chi connectivity index (χ0v) is 15.6. The molecule has 1 aliphatic heterocycles. The van der Waals surface area contributed by atoms with Crippen molar-refractivity contribution < 1.29 is 4.90 Å². The fourth-order valence-electron chi connectivity index (χ4n) is 4.14. The van der Waals surface area contributed by atoms with Gasteiger partial charge >= 0.3 is 0 Å². The van der Waals surface area contributed by atoms with Gasteiger partial charge in [-0.05, 0) is 29.3 Å². The lowest BCUT2D eigenvalue weighted by atomic mass is 9.54. The van der Waals surface area contributed by atoms with E-state index in [-0.39, 0.29) is 11.6 Å². The molecule has 0 amide bonds. The molecule has 26 heavy (non-hydrogen) atoms. The third-order valence-electron chi connectivity index (χ3n) is 5.38. The normalized spacial score (nSPS) is 29.5. The molecule has 130 valence electrons. The van der Waals surface area contributed by atoms with Crippen LogP contribution in [0.15, 0.2) is 29.8 Å². The summed E-state index contributed by atoms with van der Waals surface area (Å²) in [5.74, 6) is -1.61. The Morgan fingerprint density at radius 2 is 1.88 bits per heavy atom. The Hall–Kier alpha value is -2.36. The van der Waals surface area contributed by atoms with Crippen molar-refractivity contribution in [2.24, 2.45) is 17.3 Å². The van der Waals surface area contributed by atoms with Gasteiger partial charge in [-0.25, -0.2) is 0 Å². The molecule has 0 bridgehead atoms. The van der Waals surface area contributed by atoms with Crippen molar-refractivity contribution in [3.63, 3.8) is 0 Å². The lowest BCUT2D eigenvalue weighted by Gasteiger charge is -2.46. The number of nitriles is 3. The van der Waals surface area contributed by atoms with E-state index in [1.165, 1.54) is 4.90 Å². The third-order valence-corrected chi connectivity index (χ3v) is 6.12. The molecule has 1 aromatic rings. The van der Waals surface area contributed by atoms with Crippen LogP contribution in [0.4, 0.5) is 0 Å². The number of nitrogens with zero attached hydrogens (tertiary/aromatic N) is 3. The SMILES string of the molecule is C[NH+]1CC=C2C(C#N)C(=N)C(C#N)(C#N)[C@H](c3ccc(Cl)c(Cl)c3)[C@H]2C1. The second-order valence-corrected chi connectivity index (χ2v) is 7.65. The van der Waals surface area contributed by atoms with Crippen LogP contribution in [0.25, 0.3) is 0 Å². The summed E-state index contributed by atoms with van der Waals surface area (Å²) < 4.78 is 0. The van der Waals surface area contributed by atoms with Gasteiger partial charge in [-0.1, -0.05) is 29.3 Å². The van der Waals surface area contributed by atoms with Gasteiger partial charge in [0, 0.05) is 11.8 Å². The first-order valence-electron chi connectivity index (χ1n) is 8.16. The summed E-state index contributed by atoms with van der Waals surface area (Å²) >= 11 is 12.2. The lowest BCUT2D eigenvalue weighted by molar-refractivity contribution is -0.878. The summed E-state index contributed by atoms with van der Waals surface area (Å²) in [7, 11) is 2.03. The van der Waals surface area contributed by atoms with E-state index in [1.807, 2.05) is 13.1 Å². The number of halogens is 2. The van der Waals surface area contributed by atoms with E-state index in [0.29, 0.717) is 22.2 Å². The quantitative estimate of drug-likeness (QED) is 0.726. The van der Waals surface area contributed by atoms with Crippen LogP contribution in [0, 0.1) is 56.7 Å². The molecular weight excluding hydrogens is 369 g/mol. The molecule has 0 spiro atoms. The number of likely N-dealkylation sites (N-methyl/N-ethyl adjacent to an activating group) is 1. The van der Waals surface area contributed by atoms with Crippen molar-refractivity contribution in [3.05, 3.63) is 45.5 Å². The van der Waals surface area contributed by atoms with E-state index < -0.39 is 17.3 Å². The summed E-state index contributed by atoms with van der Waals surface area (Å²) in [6, 6.07) is 11.3. The minimum Gasteiger partial charge on any atom is -0.334 e. The van der Waals surface area contributed by atoms with Crippen LogP contribution in [0.3, 0.4) is 0 Å². The van der Waals surface area contributed by atoms with Gasteiger partial charge in [0.25, 0.3) is 0 Å². The largest absolute Gasteiger partial charge is 0.334 e. The Bertz CT molecular complexity index is 917. The van der Waals surface area contributed by atoms with E-state index >= 15 is 0 Å². The van der Waals surface area contributed by atoms with Crippen LogP contribution >= 0.6 is 23.2 Å². The Labute approximate surface area is 162 Å². The van der Waals surface area contributed by atoms with Crippen LogP contribution < -0.4 is 4.90 Å². The van der Waals surface area contributed by atoms with Crippen LogP contribution in [-0.2, 0) is 0 Å². The monoisotopic (exact) mass is 384 g/mol. The molecule has 7 heteroatoms. The first kappa shape index (κ1) is 18.4. The number of rotatable bonds is 1. The zero-order chi connectivity index (χ0) is 19.1. The van der Waals surface area contributed by atoms with Crippen LogP contribution in [-0.4, -0.2) is 25.8 Å². The zero-order valence-electron chi connectivity index (χ0n) is 14.1. The van der Waals surface area contributed by atoms with E-state index in [9.17, 15) is 15.8 Å². The van der Waals surface area contributed by atoms with Crippen molar-refractivity contribution in [1.82, 2.24) is 0 Å². The van der Waals surface area contributed by atoms with E-state index in [1.54, 1.807) is 18.2 Å². The van der Waals surface area contributed by atoms with E-state index in [2.05, 4.69) is 18.2 Å². The molecule has 1 heterocycles. The summed E-state index contributed by atoms with van der Waals surface area (Å²) in [6.07, 6.45) is 1.98. The maximum Gasteiger partial charge on any atom is 0.189 e. The van der Waals surface area contributed by atoms with E-state index in [4.69, 9.17) is 28.6 Å². The fourth-order valence-corrected chi connectivity index (χ4v) is 4.44. The predicted molar refractivity (Wildman–Crippen MR) is 97.9 cm³/mol. The molecule has 1 saturated carbocycles. The van der Waals surface area contributed by atoms with Crippen molar-refractivity contribution in [2.75, 3.05) is 20.1 Å². The average Bonchev–Trinajstić information content (AvgIpc) is 2.63.